The van der Waals surface area contributed by atoms with Gasteiger partial charge in [0.2, 0.25) is 5.91 Å². The molecular formula is C19H29NO3. The van der Waals surface area contributed by atoms with Crippen molar-refractivity contribution in [1.82, 2.24) is 4.90 Å². The van der Waals surface area contributed by atoms with Gasteiger partial charge in [0.1, 0.15) is 0 Å². The molecule has 0 unspecified atom stereocenters. The molecule has 0 heterocycles. The van der Waals surface area contributed by atoms with Gasteiger partial charge in [0, 0.05) is 19.0 Å². The molecule has 0 aromatic heterocycles. The predicted molar refractivity (Wildman–Crippen MR) is 92.2 cm³/mol. The smallest absolute Gasteiger partial charge is 0.307 e. The molecule has 0 saturated heterocycles. The van der Waals surface area contributed by atoms with Crippen molar-refractivity contribution in [3.8, 4) is 0 Å². The fourth-order valence-corrected chi connectivity index (χ4v) is 2.46. The highest BCUT2D eigenvalue weighted by molar-refractivity contribution is 5.77. The van der Waals surface area contributed by atoms with Crippen LogP contribution in [0.1, 0.15) is 51.2 Å². The number of carbonyl (C=O) groups is 2. The standard InChI is InChI=1S/C19H29NO3/c1-5-23-19(22)13-14-20(15(2)3)18(21)8-6-7-17-11-9-16(4)10-12-17/h9-12,15H,5-8,13-14H2,1-4H3. The molecule has 0 aliphatic heterocycles. The largest absolute Gasteiger partial charge is 0.466 e. The monoisotopic (exact) mass is 319 g/mol. The van der Waals surface area contributed by atoms with E-state index in [0.717, 1.165) is 12.8 Å². The van der Waals surface area contributed by atoms with Crippen LogP contribution in [0.4, 0.5) is 0 Å². The van der Waals surface area contributed by atoms with Gasteiger partial charge in [0.15, 0.2) is 0 Å². The van der Waals surface area contributed by atoms with Crippen LogP contribution < -0.4 is 0 Å². The second-order valence-electron chi connectivity index (χ2n) is 6.08. The summed E-state index contributed by atoms with van der Waals surface area (Å²) in [6.07, 6.45) is 2.49. The lowest BCUT2D eigenvalue weighted by molar-refractivity contribution is -0.144. The molecule has 1 amide bonds. The predicted octanol–water partition coefficient (Wildman–Crippen LogP) is 3.51. The highest BCUT2D eigenvalue weighted by atomic mass is 16.5. The Labute approximate surface area is 139 Å². The Morgan fingerprint density at radius 1 is 1.13 bits per heavy atom. The van der Waals surface area contributed by atoms with E-state index in [1.54, 1.807) is 11.8 Å². The van der Waals surface area contributed by atoms with E-state index >= 15 is 0 Å². The van der Waals surface area contributed by atoms with Gasteiger partial charge < -0.3 is 9.64 Å². The highest BCUT2D eigenvalue weighted by Gasteiger charge is 2.18. The van der Waals surface area contributed by atoms with Gasteiger partial charge in [-0.05, 0) is 46.1 Å². The van der Waals surface area contributed by atoms with Crippen molar-refractivity contribution in [2.24, 2.45) is 0 Å². The van der Waals surface area contributed by atoms with E-state index in [4.69, 9.17) is 4.74 Å². The zero-order valence-electron chi connectivity index (χ0n) is 14.8. The maximum absolute atomic E-state index is 12.4. The van der Waals surface area contributed by atoms with Crippen molar-refractivity contribution in [1.29, 1.82) is 0 Å². The van der Waals surface area contributed by atoms with Crippen LogP contribution in [0, 0.1) is 6.92 Å². The second kappa shape index (κ2) is 10.0. The lowest BCUT2D eigenvalue weighted by atomic mass is 10.1. The number of amides is 1. The minimum atomic E-state index is -0.245. The van der Waals surface area contributed by atoms with E-state index < -0.39 is 0 Å². The summed E-state index contributed by atoms with van der Waals surface area (Å²) < 4.78 is 4.92. The van der Waals surface area contributed by atoms with Gasteiger partial charge in [-0.25, -0.2) is 0 Å². The molecule has 0 fully saturated rings. The molecule has 0 bridgehead atoms. The number of hydrogen-bond acceptors (Lipinski definition) is 3. The number of ether oxygens (including phenoxy) is 1. The van der Waals surface area contributed by atoms with Gasteiger partial charge in [0.25, 0.3) is 0 Å². The van der Waals surface area contributed by atoms with Crippen LogP contribution in [0.15, 0.2) is 24.3 Å². The topological polar surface area (TPSA) is 46.6 Å². The highest BCUT2D eigenvalue weighted by Crippen LogP contribution is 2.10. The van der Waals surface area contributed by atoms with E-state index in [-0.39, 0.29) is 24.3 Å². The van der Waals surface area contributed by atoms with Crippen LogP contribution in [0.25, 0.3) is 0 Å². The zero-order chi connectivity index (χ0) is 17.2. The molecule has 0 spiro atoms. The Morgan fingerprint density at radius 2 is 1.78 bits per heavy atom. The second-order valence-corrected chi connectivity index (χ2v) is 6.08. The molecule has 0 atom stereocenters. The van der Waals surface area contributed by atoms with Crippen LogP contribution in [0.3, 0.4) is 0 Å². The molecule has 23 heavy (non-hydrogen) atoms. The third-order valence-corrected chi connectivity index (χ3v) is 3.78. The van der Waals surface area contributed by atoms with Crippen molar-refractivity contribution >= 4 is 11.9 Å². The number of benzene rings is 1. The molecule has 0 radical (unpaired) electrons. The summed E-state index contributed by atoms with van der Waals surface area (Å²) in [5.41, 5.74) is 2.50. The minimum Gasteiger partial charge on any atom is -0.466 e. The summed E-state index contributed by atoms with van der Waals surface area (Å²) in [6, 6.07) is 8.51. The maximum atomic E-state index is 12.4. The molecular weight excluding hydrogens is 290 g/mol. The summed E-state index contributed by atoms with van der Waals surface area (Å²) >= 11 is 0. The van der Waals surface area contributed by atoms with Crippen molar-refractivity contribution in [2.75, 3.05) is 13.2 Å². The van der Waals surface area contributed by atoms with Crippen LogP contribution >= 0.6 is 0 Å². The van der Waals surface area contributed by atoms with Crippen molar-refractivity contribution in [2.45, 2.75) is 59.4 Å². The summed E-state index contributed by atoms with van der Waals surface area (Å²) in [6.45, 7) is 8.61. The van der Waals surface area contributed by atoms with E-state index in [1.807, 2.05) is 13.8 Å². The summed E-state index contributed by atoms with van der Waals surface area (Å²) in [5, 5.41) is 0. The van der Waals surface area contributed by atoms with Gasteiger partial charge in [-0.2, -0.15) is 0 Å². The molecule has 4 nitrogen and oxygen atoms in total. The summed E-state index contributed by atoms with van der Waals surface area (Å²) in [4.78, 5) is 25.6. The van der Waals surface area contributed by atoms with E-state index in [2.05, 4.69) is 31.2 Å². The first kappa shape index (κ1) is 19.2. The summed E-state index contributed by atoms with van der Waals surface area (Å²) in [5.74, 6) is -0.137. The van der Waals surface area contributed by atoms with Crippen LogP contribution in [0.5, 0.6) is 0 Å². The normalized spacial score (nSPS) is 10.7. The lowest BCUT2D eigenvalue weighted by Gasteiger charge is -2.26. The molecule has 0 aliphatic rings. The average Bonchev–Trinajstić information content (AvgIpc) is 2.49. The molecule has 0 aliphatic carbocycles. The first-order valence-electron chi connectivity index (χ1n) is 8.44. The first-order chi connectivity index (χ1) is 10.9. The Kier molecular flexibility index (Phi) is 8.38. The average molecular weight is 319 g/mol. The summed E-state index contributed by atoms with van der Waals surface area (Å²) in [7, 11) is 0. The Balaban J connectivity index is 2.41. The van der Waals surface area contributed by atoms with Crippen molar-refractivity contribution in [3.05, 3.63) is 35.4 Å². The van der Waals surface area contributed by atoms with Crippen LogP contribution in [-0.4, -0.2) is 36.0 Å². The lowest BCUT2D eigenvalue weighted by Crippen LogP contribution is -2.38. The fourth-order valence-electron chi connectivity index (χ4n) is 2.46. The van der Waals surface area contributed by atoms with E-state index in [1.165, 1.54) is 11.1 Å². The molecule has 128 valence electrons. The molecule has 1 aromatic rings. The number of esters is 1. The van der Waals surface area contributed by atoms with Gasteiger partial charge in [0.05, 0.1) is 13.0 Å². The van der Waals surface area contributed by atoms with Crippen molar-refractivity contribution in [3.63, 3.8) is 0 Å². The quantitative estimate of drug-likeness (QED) is 0.654. The molecule has 1 aromatic carbocycles. The minimum absolute atomic E-state index is 0.0938. The zero-order valence-corrected chi connectivity index (χ0v) is 14.8. The van der Waals surface area contributed by atoms with Gasteiger partial charge in [-0.3, -0.25) is 9.59 Å². The number of aryl methyl sites for hydroxylation is 2. The third-order valence-electron chi connectivity index (χ3n) is 3.78. The van der Waals surface area contributed by atoms with Gasteiger partial charge >= 0.3 is 5.97 Å². The Bertz CT molecular complexity index is 494. The van der Waals surface area contributed by atoms with E-state index in [0.29, 0.717) is 19.6 Å². The van der Waals surface area contributed by atoms with Gasteiger partial charge in [-0.1, -0.05) is 29.8 Å². The van der Waals surface area contributed by atoms with Gasteiger partial charge in [-0.15, -0.1) is 0 Å². The molecule has 0 saturated carbocycles. The number of hydrogen-bond donors (Lipinski definition) is 0. The number of nitrogens with zero attached hydrogens (tertiary/aromatic N) is 1. The number of carbonyl (C=O) groups excluding carboxylic acids is 2. The molecule has 1 rings (SSSR count). The Hall–Kier alpha value is -1.84. The first-order valence-corrected chi connectivity index (χ1v) is 8.44. The van der Waals surface area contributed by atoms with Crippen LogP contribution in [-0.2, 0) is 20.7 Å². The fraction of sp³-hybridized carbons (Fsp3) is 0.579. The van der Waals surface area contributed by atoms with E-state index in [9.17, 15) is 9.59 Å². The maximum Gasteiger partial charge on any atom is 0.307 e. The molecule has 4 heteroatoms. The third kappa shape index (κ3) is 7.31. The van der Waals surface area contributed by atoms with Crippen LogP contribution in [0.2, 0.25) is 0 Å². The SMILES string of the molecule is CCOC(=O)CCN(C(=O)CCCc1ccc(C)cc1)C(C)C. The Morgan fingerprint density at radius 3 is 2.35 bits per heavy atom. The van der Waals surface area contributed by atoms with Crippen molar-refractivity contribution < 1.29 is 14.3 Å². The number of rotatable bonds is 9. The molecule has 0 N–H and O–H groups in total.